The highest BCUT2D eigenvalue weighted by Gasteiger charge is 2.44. The average molecular weight is 985 g/mol. The third kappa shape index (κ3) is 11.4. The monoisotopic (exact) mass is 984 g/mol. The van der Waals surface area contributed by atoms with Crippen molar-refractivity contribution in [2.24, 2.45) is 0 Å². The lowest BCUT2D eigenvalue weighted by Gasteiger charge is -2.46. The summed E-state index contributed by atoms with van der Waals surface area (Å²) in [5.74, 6) is 10.4. The molecule has 0 N–H and O–H groups in total. The second kappa shape index (κ2) is 23.9. The van der Waals surface area contributed by atoms with E-state index in [4.69, 9.17) is 56.8 Å². The minimum Gasteiger partial charge on any atom is -0.493 e. The summed E-state index contributed by atoms with van der Waals surface area (Å²) in [7, 11) is 22.2. The molecule has 2 aliphatic heterocycles. The molecule has 16 nitrogen and oxygen atoms in total. The summed E-state index contributed by atoms with van der Waals surface area (Å²) in [6.07, 6.45) is 4.01. The number of esters is 1. The van der Waals surface area contributed by atoms with Gasteiger partial charge in [-0.1, -0.05) is 6.07 Å². The number of hydrogen-bond acceptors (Lipinski definition) is 14. The Bertz CT molecular complexity index is 2580. The standard InChI is InChI=1S/C55H72N2O14/c1-56(25-21-38-34-47(65-8)53(68-11)55(70-13)50(38)41(56)29-36-31-44(62-5)51(66-9)45(32-36)63-6)23-14-16-39(58)18-20-48(59)71-27-15-24-57(2)26-22-37-33-46(64-7)52(67-10)54(69-12)49(37)40(57)28-35-17-19-42(60-3)43(30-35)61-4/h17,19,30-34,40-41H,14-16,21-29H2,1-13H3/q+2. The molecule has 4 aromatic carbocycles. The molecule has 0 spiro atoms. The average Bonchev–Trinajstić information content (AvgIpc) is 3.39. The first-order chi connectivity index (χ1) is 34.2. The fraction of sp³-hybridized carbons (Fsp3) is 0.491. The van der Waals surface area contributed by atoms with Crippen molar-refractivity contribution in [3.63, 3.8) is 0 Å². The SMILES string of the molecule is COc1ccc(CC2c3c(cc(OC)c(OC)c3OC)CC[N+]2(C)CCCOC(=O)C#CC(=O)CCC[N+]2(C)CCc3cc(OC)c(OC)c(OC)c3C2Cc2cc(OC)c(OC)c(OC)c2)cc1OC. The number of benzene rings is 4. The zero-order valence-corrected chi connectivity index (χ0v) is 43.8. The summed E-state index contributed by atoms with van der Waals surface area (Å²) in [4.78, 5) is 26.3. The quantitative estimate of drug-likeness (QED) is 0.0183. The van der Waals surface area contributed by atoms with Gasteiger partial charge in [0.2, 0.25) is 23.0 Å². The molecule has 0 amide bonds. The van der Waals surface area contributed by atoms with Gasteiger partial charge in [0, 0.05) is 50.9 Å². The van der Waals surface area contributed by atoms with Crippen LogP contribution in [-0.2, 0) is 40.0 Å². The number of carbonyl (C=O) groups excluding carboxylic acids is 2. The number of ether oxygens (including phenoxy) is 12. The maximum atomic E-state index is 13.3. The molecular formula is C55H72N2O14+2. The number of methoxy groups -OCH3 is 11. The molecule has 0 fully saturated rings. The van der Waals surface area contributed by atoms with Crippen molar-refractivity contribution in [2.45, 2.75) is 57.0 Å². The lowest BCUT2D eigenvalue weighted by Crippen LogP contribution is -2.52. The number of hydrogen-bond donors (Lipinski definition) is 0. The molecule has 0 aromatic heterocycles. The highest BCUT2D eigenvalue weighted by Crippen LogP contribution is 2.52. The lowest BCUT2D eigenvalue weighted by molar-refractivity contribution is -0.941. The van der Waals surface area contributed by atoms with Crippen molar-refractivity contribution < 1.29 is 75.4 Å². The highest BCUT2D eigenvalue weighted by molar-refractivity contribution is 6.01. The van der Waals surface area contributed by atoms with Crippen molar-refractivity contribution in [1.82, 2.24) is 0 Å². The smallest absolute Gasteiger partial charge is 0.384 e. The van der Waals surface area contributed by atoms with E-state index in [9.17, 15) is 9.59 Å². The predicted molar refractivity (Wildman–Crippen MR) is 268 cm³/mol. The molecule has 16 heteroatoms. The van der Waals surface area contributed by atoms with E-state index < -0.39 is 5.97 Å². The third-order valence-electron chi connectivity index (χ3n) is 14.3. The summed E-state index contributed by atoms with van der Waals surface area (Å²) < 4.78 is 70.4. The van der Waals surface area contributed by atoms with Crippen LogP contribution in [0.5, 0.6) is 63.2 Å². The summed E-state index contributed by atoms with van der Waals surface area (Å²) in [5.41, 5.74) is 6.31. The van der Waals surface area contributed by atoms with E-state index in [-0.39, 0.29) is 30.9 Å². The maximum absolute atomic E-state index is 13.3. The van der Waals surface area contributed by atoms with E-state index in [1.807, 2.05) is 42.5 Å². The first kappa shape index (κ1) is 53.6. The van der Waals surface area contributed by atoms with Crippen LogP contribution < -0.4 is 52.1 Å². The first-order valence-electron chi connectivity index (χ1n) is 23.8. The largest absolute Gasteiger partial charge is 0.493 e. The molecule has 2 aliphatic rings. The van der Waals surface area contributed by atoms with Crippen LogP contribution in [0.2, 0.25) is 0 Å². The van der Waals surface area contributed by atoms with Gasteiger partial charge in [-0.2, -0.15) is 0 Å². The Kier molecular flexibility index (Phi) is 18.1. The second-order valence-electron chi connectivity index (χ2n) is 18.2. The molecule has 0 aliphatic carbocycles. The minimum absolute atomic E-state index is 0.0675. The molecule has 71 heavy (non-hydrogen) atoms. The van der Waals surface area contributed by atoms with Crippen LogP contribution in [0, 0.1) is 11.8 Å². The summed E-state index contributed by atoms with van der Waals surface area (Å²) in [6.45, 7) is 3.07. The minimum atomic E-state index is -0.737. The second-order valence-corrected chi connectivity index (χ2v) is 18.2. The molecule has 0 radical (unpaired) electrons. The molecule has 0 saturated heterocycles. The highest BCUT2D eigenvalue weighted by atomic mass is 16.6. The number of likely N-dealkylation sites (N-methyl/N-ethyl adjacent to an activating group) is 2. The molecule has 0 bridgehead atoms. The van der Waals surface area contributed by atoms with Gasteiger partial charge in [0.15, 0.2) is 46.0 Å². The van der Waals surface area contributed by atoms with Gasteiger partial charge in [-0.25, -0.2) is 4.79 Å². The van der Waals surface area contributed by atoms with Gasteiger partial charge in [-0.3, -0.25) is 4.79 Å². The van der Waals surface area contributed by atoms with Gasteiger partial charge in [-0.15, -0.1) is 0 Å². The van der Waals surface area contributed by atoms with Gasteiger partial charge < -0.3 is 65.8 Å². The predicted octanol–water partition coefficient (Wildman–Crippen LogP) is 7.34. The van der Waals surface area contributed by atoms with E-state index in [2.05, 4.69) is 25.9 Å². The van der Waals surface area contributed by atoms with Gasteiger partial charge >= 0.3 is 5.97 Å². The molecule has 4 unspecified atom stereocenters. The Morgan fingerprint density at radius 2 is 0.930 bits per heavy atom. The summed E-state index contributed by atoms with van der Waals surface area (Å²) in [5, 5.41) is 0. The molecular weight excluding hydrogens is 913 g/mol. The van der Waals surface area contributed by atoms with Crippen LogP contribution in [0.1, 0.15) is 64.7 Å². The van der Waals surface area contributed by atoms with Crippen molar-refractivity contribution in [2.75, 3.05) is 125 Å². The van der Waals surface area contributed by atoms with E-state index in [0.717, 1.165) is 59.3 Å². The fourth-order valence-corrected chi connectivity index (χ4v) is 10.6. The van der Waals surface area contributed by atoms with Crippen molar-refractivity contribution >= 4 is 11.8 Å². The Hall–Kier alpha value is -6.70. The van der Waals surface area contributed by atoms with E-state index >= 15 is 0 Å². The van der Waals surface area contributed by atoms with E-state index in [1.54, 1.807) is 78.2 Å². The topological polar surface area (TPSA) is 145 Å². The van der Waals surface area contributed by atoms with Crippen LogP contribution in [0.15, 0.2) is 42.5 Å². The van der Waals surface area contributed by atoms with E-state index in [0.29, 0.717) is 111 Å². The van der Waals surface area contributed by atoms with Crippen molar-refractivity contribution in [3.8, 4) is 75.1 Å². The Morgan fingerprint density at radius 3 is 1.39 bits per heavy atom. The number of ketones is 1. The Labute approximate surface area is 419 Å². The number of quaternary nitrogens is 2. The Balaban J connectivity index is 1.14. The van der Waals surface area contributed by atoms with Crippen LogP contribution in [0.4, 0.5) is 0 Å². The molecule has 0 saturated carbocycles. The maximum Gasteiger partial charge on any atom is 0.384 e. The number of Topliss-reactive ketones (excluding diaryl/α,β-unsaturated/α-hetero) is 1. The van der Waals surface area contributed by atoms with Gasteiger partial charge in [0.25, 0.3) is 0 Å². The van der Waals surface area contributed by atoms with Gasteiger partial charge in [0.1, 0.15) is 12.1 Å². The van der Waals surface area contributed by atoms with Crippen LogP contribution in [0.3, 0.4) is 0 Å². The van der Waals surface area contributed by atoms with E-state index in [1.165, 1.54) is 0 Å². The van der Waals surface area contributed by atoms with Gasteiger partial charge in [0.05, 0.1) is 136 Å². The Morgan fingerprint density at radius 1 is 0.493 bits per heavy atom. The molecule has 6 rings (SSSR count). The number of rotatable bonds is 23. The van der Waals surface area contributed by atoms with Crippen molar-refractivity contribution in [1.29, 1.82) is 0 Å². The molecule has 4 aromatic rings. The number of carbonyl (C=O) groups is 2. The lowest BCUT2D eigenvalue weighted by atomic mass is 9.85. The third-order valence-corrected chi connectivity index (χ3v) is 14.3. The number of nitrogens with zero attached hydrogens (tertiary/aromatic N) is 2. The summed E-state index contributed by atoms with van der Waals surface area (Å²) >= 11 is 0. The normalized spacial score (nSPS) is 18.8. The van der Waals surface area contributed by atoms with Crippen LogP contribution in [0.25, 0.3) is 0 Å². The van der Waals surface area contributed by atoms with Gasteiger partial charge in [-0.05, 0) is 64.6 Å². The fourth-order valence-electron chi connectivity index (χ4n) is 10.6. The molecule has 4 atom stereocenters. The van der Waals surface area contributed by atoms with Crippen LogP contribution >= 0.6 is 0 Å². The van der Waals surface area contributed by atoms with Crippen molar-refractivity contribution in [3.05, 3.63) is 75.8 Å². The first-order valence-corrected chi connectivity index (χ1v) is 23.8. The zero-order valence-electron chi connectivity index (χ0n) is 43.8. The molecule has 384 valence electrons. The summed E-state index contributed by atoms with van der Waals surface area (Å²) in [6, 6.07) is 13.8. The molecule has 2 heterocycles. The number of fused-ring (bicyclic) bond motifs is 2. The zero-order chi connectivity index (χ0) is 51.5. The van der Waals surface area contributed by atoms with Crippen LogP contribution in [-0.4, -0.2) is 146 Å².